The number of aliphatic carboxylic acids is 1. The Kier molecular flexibility index (Phi) is 8.37. The topological polar surface area (TPSA) is 93.7 Å². The molecule has 148 valence electrons. The summed E-state index contributed by atoms with van der Waals surface area (Å²) in [5, 5.41) is 10.5. The van der Waals surface area contributed by atoms with Crippen LogP contribution in [0.2, 0.25) is 0 Å². The van der Waals surface area contributed by atoms with Crippen LogP contribution in [0.5, 0.6) is 0 Å². The van der Waals surface area contributed by atoms with Gasteiger partial charge >= 0.3 is 29.6 Å². The van der Waals surface area contributed by atoms with Gasteiger partial charge in [-0.05, 0) is 45.8 Å². The Bertz CT molecular complexity index is 1070. The van der Waals surface area contributed by atoms with Gasteiger partial charge in [-0.3, -0.25) is 15.0 Å². The predicted molar refractivity (Wildman–Crippen MR) is 107 cm³/mol. The van der Waals surface area contributed by atoms with Crippen LogP contribution in [-0.2, 0) is 9.59 Å². The van der Waals surface area contributed by atoms with Gasteiger partial charge in [0, 0.05) is 6.92 Å². The van der Waals surface area contributed by atoms with Crippen LogP contribution in [0.1, 0.15) is 12.5 Å². The Morgan fingerprint density at radius 2 is 1.73 bits per heavy atom. The van der Waals surface area contributed by atoms with Crippen molar-refractivity contribution in [3.05, 3.63) is 83.8 Å². The number of carbonyl (C=O) groups is 2. The SMILES string of the molecule is CC(=O)O.O=C1NN(Nc2cc[c-]cc2)N/C1=C/c1ccc2cc(F)ccc2c1.[Na+]. The van der Waals surface area contributed by atoms with Crippen molar-refractivity contribution < 1.29 is 48.6 Å². The Hall–Kier alpha value is -2.91. The molecule has 7 nitrogen and oxygen atoms in total. The number of hydrogen-bond acceptors (Lipinski definition) is 5. The summed E-state index contributed by atoms with van der Waals surface area (Å²) in [7, 11) is 0. The van der Waals surface area contributed by atoms with Crippen LogP contribution in [0, 0.1) is 11.9 Å². The molecule has 1 amide bonds. The molecular formula is C21H18FN4NaO3. The Morgan fingerprint density at radius 3 is 2.43 bits per heavy atom. The Balaban J connectivity index is 0.000000591. The molecule has 30 heavy (non-hydrogen) atoms. The summed E-state index contributed by atoms with van der Waals surface area (Å²) in [5.41, 5.74) is 10.7. The number of hydrogen-bond donors (Lipinski definition) is 4. The summed E-state index contributed by atoms with van der Waals surface area (Å²) in [6.45, 7) is 1.08. The third-order valence-corrected chi connectivity index (χ3v) is 3.79. The first-order valence-electron chi connectivity index (χ1n) is 8.62. The van der Waals surface area contributed by atoms with Gasteiger partial charge in [0.05, 0.1) is 0 Å². The van der Waals surface area contributed by atoms with Crippen LogP contribution in [0.15, 0.2) is 66.4 Å². The van der Waals surface area contributed by atoms with Crippen LogP contribution in [0.3, 0.4) is 0 Å². The summed E-state index contributed by atoms with van der Waals surface area (Å²) in [6.07, 6.45) is 1.73. The monoisotopic (exact) mass is 416 g/mol. The number of hydrazine groups is 3. The zero-order valence-corrected chi connectivity index (χ0v) is 18.4. The fourth-order valence-corrected chi connectivity index (χ4v) is 2.60. The van der Waals surface area contributed by atoms with E-state index in [0.29, 0.717) is 5.70 Å². The van der Waals surface area contributed by atoms with E-state index in [1.807, 2.05) is 30.3 Å². The number of benzene rings is 3. The van der Waals surface area contributed by atoms with Gasteiger partial charge in [-0.2, -0.15) is 18.2 Å². The van der Waals surface area contributed by atoms with Gasteiger partial charge in [0.1, 0.15) is 11.5 Å². The molecule has 1 fully saturated rings. The summed E-state index contributed by atoms with van der Waals surface area (Å²) in [4.78, 5) is 21.1. The number of carboxylic acid groups (broad SMARTS) is 1. The minimum atomic E-state index is -0.833. The average molecular weight is 416 g/mol. The molecule has 1 aliphatic heterocycles. The second-order valence-electron chi connectivity index (χ2n) is 6.12. The maximum atomic E-state index is 13.2. The van der Waals surface area contributed by atoms with Crippen molar-refractivity contribution in [3.63, 3.8) is 0 Å². The molecule has 0 unspecified atom stereocenters. The summed E-state index contributed by atoms with van der Waals surface area (Å²) in [6, 6.07) is 20.3. The molecule has 0 atom stereocenters. The number of fused-ring (bicyclic) bond motifs is 1. The van der Waals surface area contributed by atoms with Crippen LogP contribution in [0.4, 0.5) is 10.1 Å². The molecular weight excluding hydrogens is 398 g/mol. The number of rotatable bonds is 3. The summed E-state index contributed by atoms with van der Waals surface area (Å²) in [5.74, 6) is -1.36. The zero-order chi connectivity index (χ0) is 20.8. The smallest absolute Gasteiger partial charge is 0.481 e. The normalized spacial score (nSPS) is 14.2. The number of anilines is 1. The fraction of sp³-hybridized carbons (Fsp3) is 0.0476. The van der Waals surface area contributed by atoms with Gasteiger partial charge in [-0.15, -0.1) is 12.1 Å². The molecule has 1 heterocycles. The van der Waals surface area contributed by atoms with Gasteiger partial charge in [-0.1, -0.05) is 23.9 Å². The van der Waals surface area contributed by atoms with Crippen LogP contribution in [0.25, 0.3) is 16.8 Å². The minimum absolute atomic E-state index is 0. The molecule has 4 N–H and O–H groups in total. The fourth-order valence-electron chi connectivity index (χ4n) is 2.60. The Labute approximate surface area is 194 Å². The van der Waals surface area contributed by atoms with E-state index in [9.17, 15) is 9.18 Å². The molecule has 1 aliphatic rings. The number of nitrogens with one attached hydrogen (secondary N) is 3. The largest absolute Gasteiger partial charge is 1.00 e. The molecule has 3 aromatic carbocycles. The van der Waals surface area contributed by atoms with Crippen molar-refractivity contribution in [2.75, 3.05) is 5.43 Å². The second kappa shape index (κ2) is 10.7. The van der Waals surface area contributed by atoms with E-state index in [0.717, 1.165) is 28.9 Å². The molecule has 0 aromatic heterocycles. The van der Waals surface area contributed by atoms with E-state index in [-0.39, 0.29) is 41.3 Å². The number of carboxylic acids is 1. The summed E-state index contributed by atoms with van der Waals surface area (Å²) >= 11 is 0. The van der Waals surface area contributed by atoms with Gasteiger partial charge < -0.3 is 10.5 Å². The number of amides is 1. The first kappa shape index (κ1) is 23.4. The first-order chi connectivity index (χ1) is 13.9. The minimum Gasteiger partial charge on any atom is -0.481 e. The maximum absolute atomic E-state index is 13.2. The molecule has 3 aromatic rings. The molecule has 0 aliphatic carbocycles. The number of halogens is 1. The van der Waals surface area contributed by atoms with Crippen molar-refractivity contribution in [3.8, 4) is 0 Å². The predicted octanol–water partition coefficient (Wildman–Crippen LogP) is 0.0934. The van der Waals surface area contributed by atoms with Gasteiger partial charge in [-0.25, -0.2) is 9.82 Å². The summed E-state index contributed by atoms with van der Waals surface area (Å²) < 4.78 is 13.2. The Morgan fingerprint density at radius 1 is 1.10 bits per heavy atom. The standard InChI is InChI=1S/C19H14FN4O.C2H4O2.Na/c20-16-9-8-14-10-13(6-7-15(14)12-16)11-18-19(25)23-24(22-18)21-17-4-2-1-3-5-17;1-2(3)4;/h2-12,21-22H,(H,23,25);1H3,(H,3,4);/q-1;;+1/b18-11+;;. The van der Waals surface area contributed by atoms with Gasteiger partial charge in [0.2, 0.25) is 0 Å². The van der Waals surface area contributed by atoms with Crippen molar-refractivity contribution in [2.24, 2.45) is 0 Å². The number of carbonyl (C=O) groups excluding carboxylic acids is 1. The van der Waals surface area contributed by atoms with E-state index in [1.165, 1.54) is 17.4 Å². The van der Waals surface area contributed by atoms with E-state index >= 15 is 0 Å². The molecule has 0 bridgehead atoms. The zero-order valence-electron chi connectivity index (χ0n) is 16.4. The van der Waals surface area contributed by atoms with Gasteiger partial charge in [0.15, 0.2) is 0 Å². The van der Waals surface area contributed by atoms with Crippen molar-refractivity contribution >= 4 is 34.4 Å². The van der Waals surface area contributed by atoms with Crippen LogP contribution in [-0.4, -0.2) is 22.2 Å². The quantitative estimate of drug-likeness (QED) is 0.275. The van der Waals surface area contributed by atoms with E-state index in [1.54, 1.807) is 24.3 Å². The van der Waals surface area contributed by atoms with E-state index in [4.69, 9.17) is 9.90 Å². The molecule has 0 spiro atoms. The van der Waals surface area contributed by atoms with Crippen molar-refractivity contribution in [1.29, 1.82) is 0 Å². The molecule has 9 heteroatoms. The molecule has 1 saturated heterocycles. The maximum Gasteiger partial charge on any atom is 1.00 e. The average Bonchev–Trinajstić information content (AvgIpc) is 3.01. The third-order valence-electron chi connectivity index (χ3n) is 3.79. The molecule has 4 rings (SSSR count). The number of nitrogens with zero attached hydrogens (tertiary/aromatic N) is 1. The van der Waals surface area contributed by atoms with Crippen molar-refractivity contribution in [2.45, 2.75) is 6.92 Å². The molecule has 0 saturated carbocycles. The molecule has 0 radical (unpaired) electrons. The van der Waals surface area contributed by atoms with Crippen LogP contribution < -0.4 is 45.8 Å². The van der Waals surface area contributed by atoms with E-state index < -0.39 is 5.97 Å². The van der Waals surface area contributed by atoms with Gasteiger partial charge in [0.25, 0.3) is 11.9 Å². The van der Waals surface area contributed by atoms with Crippen LogP contribution >= 0.6 is 0 Å². The first-order valence-corrected chi connectivity index (χ1v) is 8.62. The second-order valence-corrected chi connectivity index (χ2v) is 6.12. The van der Waals surface area contributed by atoms with Crippen molar-refractivity contribution in [1.82, 2.24) is 16.1 Å². The third kappa shape index (κ3) is 6.57. The van der Waals surface area contributed by atoms with E-state index in [2.05, 4.69) is 22.3 Å².